The third kappa shape index (κ3) is 4.67. The van der Waals surface area contributed by atoms with Gasteiger partial charge in [0.05, 0.1) is 0 Å². The van der Waals surface area contributed by atoms with E-state index in [4.69, 9.17) is 0 Å². The fourth-order valence-corrected chi connectivity index (χ4v) is 3.67. The predicted octanol–water partition coefficient (Wildman–Crippen LogP) is 4.91. The smallest absolute Gasteiger partial charge is 0.224 e. The summed E-state index contributed by atoms with van der Waals surface area (Å²) in [6.45, 7) is 1.73. The minimum atomic E-state index is 0.698. The maximum absolute atomic E-state index is 4.58. The van der Waals surface area contributed by atoms with Crippen molar-refractivity contribution in [3.63, 3.8) is 0 Å². The summed E-state index contributed by atoms with van der Waals surface area (Å²) in [7, 11) is 0. The van der Waals surface area contributed by atoms with Crippen LogP contribution >= 0.6 is 0 Å². The third-order valence-corrected chi connectivity index (χ3v) is 5.15. The Morgan fingerprint density at radius 2 is 1.93 bits per heavy atom. The van der Waals surface area contributed by atoms with E-state index in [1.807, 2.05) is 12.3 Å². The highest BCUT2D eigenvalue weighted by atomic mass is 15.1. The lowest BCUT2D eigenvalue weighted by Gasteiger charge is -2.13. The van der Waals surface area contributed by atoms with Crippen molar-refractivity contribution in [3.05, 3.63) is 59.9 Å². The molecule has 0 radical (unpaired) electrons. The van der Waals surface area contributed by atoms with E-state index < -0.39 is 0 Å². The summed E-state index contributed by atoms with van der Waals surface area (Å²) in [5.41, 5.74) is 4.09. The van der Waals surface area contributed by atoms with Gasteiger partial charge in [-0.25, -0.2) is 4.98 Å². The average Bonchev–Trinajstić information content (AvgIpc) is 3.13. The van der Waals surface area contributed by atoms with Crippen molar-refractivity contribution >= 4 is 22.7 Å². The monoisotopic (exact) mass is 361 g/mol. The molecular formula is C22H27N5. The molecule has 2 heterocycles. The highest BCUT2D eigenvalue weighted by Crippen LogP contribution is 2.20. The van der Waals surface area contributed by atoms with Crippen LogP contribution in [-0.2, 0) is 6.42 Å². The van der Waals surface area contributed by atoms with Crippen LogP contribution < -0.4 is 10.6 Å². The summed E-state index contributed by atoms with van der Waals surface area (Å²) in [6.07, 6.45) is 13.5. The highest BCUT2D eigenvalue weighted by Gasteiger charge is 2.05. The molecule has 0 unspecified atom stereocenters. The lowest BCUT2D eigenvalue weighted by atomic mass is 9.97. The van der Waals surface area contributed by atoms with Crippen LogP contribution in [0.3, 0.4) is 0 Å². The molecule has 0 atom stereocenters. The molecule has 2 aromatic heterocycles. The molecule has 0 bridgehead atoms. The van der Waals surface area contributed by atoms with Gasteiger partial charge in [0.1, 0.15) is 5.82 Å². The fraction of sp³-hybridized carbons (Fsp3) is 0.364. The summed E-state index contributed by atoms with van der Waals surface area (Å²) in [5.74, 6) is 1.56. The van der Waals surface area contributed by atoms with Crippen LogP contribution in [0.5, 0.6) is 0 Å². The van der Waals surface area contributed by atoms with E-state index in [9.17, 15) is 0 Å². The molecule has 0 saturated carbocycles. The minimum Gasteiger partial charge on any atom is -0.370 e. The number of anilines is 2. The Labute approximate surface area is 160 Å². The zero-order valence-electron chi connectivity index (χ0n) is 15.7. The van der Waals surface area contributed by atoms with Gasteiger partial charge in [0.2, 0.25) is 5.95 Å². The number of aromatic nitrogens is 3. The lowest BCUT2D eigenvalue weighted by molar-refractivity contribution is 0.679. The van der Waals surface area contributed by atoms with Crippen molar-refractivity contribution in [2.45, 2.75) is 38.5 Å². The SMILES string of the molecule is C1=C(CCNc2nccc(NCCc3c[nH]c4ccccc34)n2)CCCC1. The molecule has 140 valence electrons. The molecule has 3 N–H and O–H groups in total. The van der Waals surface area contributed by atoms with Gasteiger partial charge < -0.3 is 15.6 Å². The van der Waals surface area contributed by atoms with E-state index in [0.717, 1.165) is 31.7 Å². The molecule has 5 nitrogen and oxygen atoms in total. The predicted molar refractivity (Wildman–Crippen MR) is 112 cm³/mol. The standard InChI is InChI=1S/C22H27N5/c1-2-6-17(7-3-1)10-13-24-22-25-15-12-21(27-22)23-14-11-18-16-26-20-9-5-4-8-19(18)20/h4-6,8-9,12,15-16,26H,1-3,7,10-11,13-14H2,(H2,23,24,25,27). The Kier molecular flexibility index (Phi) is 5.67. The van der Waals surface area contributed by atoms with Crippen molar-refractivity contribution in [2.75, 3.05) is 23.7 Å². The van der Waals surface area contributed by atoms with Crippen molar-refractivity contribution in [1.82, 2.24) is 15.0 Å². The van der Waals surface area contributed by atoms with Crippen LogP contribution in [-0.4, -0.2) is 28.0 Å². The van der Waals surface area contributed by atoms with Gasteiger partial charge in [-0.3, -0.25) is 0 Å². The summed E-state index contributed by atoms with van der Waals surface area (Å²) < 4.78 is 0. The van der Waals surface area contributed by atoms with Crippen molar-refractivity contribution in [2.24, 2.45) is 0 Å². The number of para-hydroxylation sites is 1. The summed E-state index contributed by atoms with van der Waals surface area (Å²) in [5, 5.41) is 8.06. The molecule has 3 aromatic rings. The van der Waals surface area contributed by atoms with Gasteiger partial charge in [0.25, 0.3) is 0 Å². The second kappa shape index (κ2) is 8.71. The van der Waals surface area contributed by atoms with Crippen LogP contribution in [0.25, 0.3) is 10.9 Å². The normalized spacial score (nSPS) is 14.1. The molecular weight excluding hydrogens is 334 g/mol. The topological polar surface area (TPSA) is 65.6 Å². The van der Waals surface area contributed by atoms with Crippen LogP contribution in [0.4, 0.5) is 11.8 Å². The fourth-order valence-electron chi connectivity index (χ4n) is 3.67. The molecule has 0 saturated heterocycles. The second-order valence-corrected chi connectivity index (χ2v) is 7.09. The largest absolute Gasteiger partial charge is 0.370 e. The molecule has 0 aliphatic heterocycles. The number of fused-ring (bicyclic) bond motifs is 1. The van der Waals surface area contributed by atoms with E-state index in [1.54, 1.807) is 5.57 Å². The van der Waals surface area contributed by atoms with E-state index in [-0.39, 0.29) is 0 Å². The van der Waals surface area contributed by atoms with Crippen LogP contribution in [0, 0.1) is 0 Å². The molecule has 0 fully saturated rings. The Hall–Kier alpha value is -2.82. The Morgan fingerprint density at radius 3 is 2.85 bits per heavy atom. The van der Waals surface area contributed by atoms with Gasteiger partial charge in [0, 0.05) is 36.4 Å². The summed E-state index contributed by atoms with van der Waals surface area (Å²) >= 11 is 0. The van der Waals surface area contributed by atoms with Gasteiger partial charge in [-0.05, 0) is 56.2 Å². The Morgan fingerprint density at radius 1 is 1.00 bits per heavy atom. The third-order valence-electron chi connectivity index (χ3n) is 5.15. The first-order chi connectivity index (χ1) is 13.4. The number of hydrogen-bond donors (Lipinski definition) is 3. The molecule has 1 aromatic carbocycles. The second-order valence-electron chi connectivity index (χ2n) is 7.09. The number of nitrogens with zero attached hydrogens (tertiary/aromatic N) is 2. The lowest BCUT2D eigenvalue weighted by Crippen LogP contribution is -2.10. The maximum Gasteiger partial charge on any atom is 0.224 e. The number of allylic oxidation sites excluding steroid dienone is 1. The highest BCUT2D eigenvalue weighted by molar-refractivity contribution is 5.83. The van der Waals surface area contributed by atoms with Gasteiger partial charge in [-0.15, -0.1) is 0 Å². The number of hydrogen-bond acceptors (Lipinski definition) is 4. The van der Waals surface area contributed by atoms with Gasteiger partial charge in [-0.2, -0.15) is 4.98 Å². The van der Waals surface area contributed by atoms with E-state index in [1.165, 1.54) is 42.1 Å². The molecule has 1 aliphatic rings. The number of aromatic amines is 1. The quantitative estimate of drug-likeness (QED) is 0.499. The van der Waals surface area contributed by atoms with Crippen molar-refractivity contribution in [3.8, 4) is 0 Å². The van der Waals surface area contributed by atoms with Crippen molar-refractivity contribution < 1.29 is 0 Å². The van der Waals surface area contributed by atoms with Crippen LogP contribution in [0.2, 0.25) is 0 Å². The van der Waals surface area contributed by atoms with E-state index in [0.29, 0.717) is 5.95 Å². The van der Waals surface area contributed by atoms with Gasteiger partial charge >= 0.3 is 0 Å². The summed E-state index contributed by atoms with van der Waals surface area (Å²) in [4.78, 5) is 12.2. The van der Waals surface area contributed by atoms with Gasteiger partial charge in [-0.1, -0.05) is 29.8 Å². The molecule has 27 heavy (non-hydrogen) atoms. The maximum atomic E-state index is 4.58. The first-order valence-electron chi connectivity index (χ1n) is 9.92. The number of H-pyrrole nitrogens is 1. The van der Waals surface area contributed by atoms with Crippen LogP contribution in [0.1, 0.15) is 37.7 Å². The molecule has 0 spiro atoms. The molecule has 5 heteroatoms. The first-order valence-corrected chi connectivity index (χ1v) is 9.92. The molecule has 4 rings (SSSR count). The van der Waals surface area contributed by atoms with E-state index >= 15 is 0 Å². The number of rotatable bonds is 8. The first kappa shape index (κ1) is 17.6. The molecule has 1 aliphatic carbocycles. The molecule has 0 amide bonds. The zero-order chi connectivity index (χ0) is 18.3. The number of benzene rings is 1. The van der Waals surface area contributed by atoms with Crippen molar-refractivity contribution in [1.29, 1.82) is 0 Å². The zero-order valence-corrected chi connectivity index (χ0v) is 15.7. The van der Waals surface area contributed by atoms with Gasteiger partial charge in [0.15, 0.2) is 0 Å². The summed E-state index contributed by atoms with van der Waals surface area (Å²) in [6, 6.07) is 10.3. The van der Waals surface area contributed by atoms with Crippen LogP contribution in [0.15, 0.2) is 54.4 Å². The Bertz CT molecular complexity index is 912. The number of nitrogens with one attached hydrogen (secondary N) is 3. The minimum absolute atomic E-state index is 0.698. The van der Waals surface area contributed by atoms with E-state index in [2.05, 4.69) is 62.1 Å². The Balaban J connectivity index is 1.27. The average molecular weight is 361 g/mol.